The van der Waals surface area contributed by atoms with Crippen molar-refractivity contribution < 1.29 is 35.5 Å². The summed E-state index contributed by atoms with van der Waals surface area (Å²) in [5, 5.41) is 1.88. The van der Waals surface area contributed by atoms with Crippen molar-refractivity contribution in [2.45, 2.75) is 24.8 Å². The third-order valence-electron chi connectivity index (χ3n) is 2.70. The normalized spacial score (nSPS) is 13.0. The van der Waals surface area contributed by atoms with Crippen LogP contribution in [0.25, 0.3) is 0 Å². The lowest BCUT2D eigenvalue weighted by Crippen LogP contribution is -2.66. The number of nitrogens with one attached hydrogen (secondary N) is 2. The van der Waals surface area contributed by atoms with Crippen molar-refractivity contribution in [1.82, 2.24) is 5.32 Å². The standard InChI is InChI=1S/C11H8ClF7N2O/c1-9(10(14,15)16,11(17,18)19)21-8(22)20-7-5(12)3-2-4-6(7)13/h2-4H,1H3,(H2,20,21,22). The Bertz CT molecular complexity index is 536. The number of alkyl halides is 6. The zero-order valence-corrected chi connectivity index (χ0v) is 11.4. The minimum atomic E-state index is -5.82. The minimum Gasteiger partial charge on any atom is -0.316 e. The molecule has 0 aliphatic heterocycles. The summed E-state index contributed by atoms with van der Waals surface area (Å²) in [5.74, 6) is -1.12. The number of anilines is 1. The van der Waals surface area contributed by atoms with E-state index < -0.39 is 40.4 Å². The average Bonchev–Trinajstić information content (AvgIpc) is 2.31. The van der Waals surface area contributed by atoms with E-state index in [-0.39, 0.29) is 6.92 Å². The van der Waals surface area contributed by atoms with Gasteiger partial charge in [0.2, 0.25) is 5.54 Å². The molecule has 2 amide bonds. The highest BCUT2D eigenvalue weighted by Gasteiger charge is 2.68. The molecule has 124 valence electrons. The van der Waals surface area contributed by atoms with Crippen molar-refractivity contribution in [3.8, 4) is 0 Å². The molecule has 0 saturated carbocycles. The van der Waals surface area contributed by atoms with E-state index in [1.807, 2.05) is 0 Å². The summed E-state index contributed by atoms with van der Waals surface area (Å²) in [7, 11) is 0. The van der Waals surface area contributed by atoms with Gasteiger partial charge in [0.1, 0.15) is 5.82 Å². The summed E-state index contributed by atoms with van der Waals surface area (Å²) < 4.78 is 88.9. The predicted octanol–water partition coefficient (Wildman–Crippen LogP) is 4.48. The fraction of sp³-hybridized carbons (Fsp3) is 0.364. The Balaban J connectivity index is 3.04. The highest BCUT2D eigenvalue weighted by molar-refractivity contribution is 6.33. The van der Waals surface area contributed by atoms with Gasteiger partial charge in [-0.15, -0.1) is 0 Å². The van der Waals surface area contributed by atoms with Crippen LogP contribution in [-0.2, 0) is 0 Å². The van der Waals surface area contributed by atoms with Gasteiger partial charge in [0.05, 0.1) is 10.7 Å². The summed E-state index contributed by atoms with van der Waals surface area (Å²) >= 11 is 5.50. The molecule has 22 heavy (non-hydrogen) atoms. The second-order valence-corrected chi connectivity index (χ2v) is 4.70. The van der Waals surface area contributed by atoms with E-state index in [1.54, 1.807) is 0 Å². The fourth-order valence-corrected chi connectivity index (χ4v) is 1.50. The first-order valence-corrected chi connectivity index (χ1v) is 5.84. The largest absolute Gasteiger partial charge is 0.420 e. The first-order valence-electron chi connectivity index (χ1n) is 5.46. The minimum absolute atomic E-state index is 0.254. The summed E-state index contributed by atoms with van der Waals surface area (Å²) in [6, 6.07) is 1.13. The summed E-state index contributed by atoms with van der Waals surface area (Å²) in [6.45, 7) is -0.254. The van der Waals surface area contributed by atoms with Gasteiger partial charge in [-0.05, 0) is 19.1 Å². The van der Waals surface area contributed by atoms with E-state index >= 15 is 0 Å². The average molecular weight is 353 g/mol. The smallest absolute Gasteiger partial charge is 0.316 e. The van der Waals surface area contributed by atoms with Gasteiger partial charge in [-0.3, -0.25) is 0 Å². The van der Waals surface area contributed by atoms with Crippen LogP contribution in [-0.4, -0.2) is 23.9 Å². The summed E-state index contributed by atoms with van der Waals surface area (Å²) in [4.78, 5) is 11.4. The van der Waals surface area contributed by atoms with Crippen LogP contribution in [0.15, 0.2) is 18.2 Å². The van der Waals surface area contributed by atoms with Crippen LogP contribution in [0.1, 0.15) is 6.92 Å². The molecule has 2 N–H and O–H groups in total. The molecular weight excluding hydrogens is 345 g/mol. The van der Waals surface area contributed by atoms with Crippen molar-refractivity contribution in [3.05, 3.63) is 29.0 Å². The number of hydrogen-bond donors (Lipinski definition) is 2. The number of amides is 2. The van der Waals surface area contributed by atoms with Crippen LogP contribution < -0.4 is 10.6 Å². The quantitative estimate of drug-likeness (QED) is 0.757. The molecule has 3 nitrogen and oxygen atoms in total. The molecular formula is C11H8ClF7N2O. The topological polar surface area (TPSA) is 41.1 Å². The van der Waals surface area contributed by atoms with Crippen LogP contribution >= 0.6 is 11.6 Å². The number of carbonyl (C=O) groups is 1. The van der Waals surface area contributed by atoms with Crippen molar-refractivity contribution in [1.29, 1.82) is 0 Å². The van der Waals surface area contributed by atoms with Crippen LogP contribution in [0, 0.1) is 5.82 Å². The van der Waals surface area contributed by atoms with Crippen LogP contribution in [0.3, 0.4) is 0 Å². The van der Waals surface area contributed by atoms with Crippen molar-refractivity contribution in [2.24, 2.45) is 0 Å². The molecule has 0 unspecified atom stereocenters. The summed E-state index contributed by atoms with van der Waals surface area (Å²) in [6.07, 6.45) is -11.6. The van der Waals surface area contributed by atoms with Crippen molar-refractivity contribution >= 4 is 23.3 Å². The molecule has 0 aromatic heterocycles. The number of benzene rings is 1. The van der Waals surface area contributed by atoms with E-state index in [1.165, 1.54) is 5.32 Å². The maximum absolute atomic E-state index is 13.3. The molecule has 1 rings (SSSR count). The monoisotopic (exact) mass is 352 g/mol. The molecule has 1 aromatic rings. The molecule has 0 bridgehead atoms. The lowest BCUT2D eigenvalue weighted by molar-refractivity contribution is -0.297. The Hall–Kier alpha value is -1.71. The van der Waals surface area contributed by atoms with E-state index in [2.05, 4.69) is 0 Å². The number of para-hydroxylation sites is 1. The molecule has 0 atom stereocenters. The Morgan fingerprint density at radius 1 is 1.09 bits per heavy atom. The molecule has 0 radical (unpaired) electrons. The lowest BCUT2D eigenvalue weighted by Gasteiger charge is -2.34. The Morgan fingerprint density at radius 3 is 2.00 bits per heavy atom. The fourth-order valence-electron chi connectivity index (χ4n) is 1.29. The first-order chi connectivity index (χ1) is 9.79. The third-order valence-corrected chi connectivity index (χ3v) is 3.01. The van der Waals surface area contributed by atoms with Gasteiger partial charge < -0.3 is 10.6 Å². The van der Waals surface area contributed by atoms with Crippen LogP contribution in [0.4, 0.5) is 41.2 Å². The number of rotatable bonds is 2. The van der Waals surface area contributed by atoms with Gasteiger partial charge in [0, 0.05) is 0 Å². The van der Waals surface area contributed by atoms with Gasteiger partial charge in [0.15, 0.2) is 0 Å². The number of urea groups is 1. The molecule has 11 heteroatoms. The zero-order chi connectivity index (χ0) is 17.3. The maximum Gasteiger partial charge on any atom is 0.420 e. The molecule has 0 heterocycles. The molecule has 0 aliphatic carbocycles. The van der Waals surface area contributed by atoms with E-state index in [0.29, 0.717) is 0 Å². The molecule has 0 spiro atoms. The number of carbonyl (C=O) groups excluding carboxylic acids is 1. The van der Waals surface area contributed by atoms with Gasteiger partial charge >= 0.3 is 18.4 Å². The highest BCUT2D eigenvalue weighted by Crippen LogP contribution is 2.42. The van der Waals surface area contributed by atoms with E-state index in [9.17, 15) is 35.5 Å². The van der Waals surface area contributed by atoms with Gasteiger partial charge in [-0.25, -0.2) is 9.18 Å². The number of hydrogen-bond acceptors (Lipinski definition) is 1. The summed E-state index contributed by atoms with van der Waals surface area (Å²) in [5.41, 5.74) is -5.25. The SMILES string of the molecule is CC(NC(=O)Nc1c(F)cccc1Cl)(C(F)(F)F)C(F)(F)F. The van der Waals surface area contributed by atoms with E-state index in [4.69, 9.17) is 11.6 Å². The van der Waals surface area contributed by atoms with Gasteiger partial charge in [0.25, 0.3) is 0 Å². The molecule has 0 aliphatic rings. The maximum atomic E-state index is 13.3. The molecule has 0 fully saturated rings. The Labute approximate surface area is 124 Å². The van der Waals surface area contributed by atoms with Gasteiger partial charge in [-0.2, -0.15) is 26.3 Å². The first kappa shape index (κ1) is 18.3. The van der Waals surface area contributed by atoms with Crippen molar-refractivity contribution in [3.63, 3.8) is 0 Å². The Kier molecular flexibility index (Phi) is 4.85. The van der Waals surface area contributed by atoms with Crippen LogP contribution in [0.5, 0.6) is 0 Å². The highest BCUT2D eigenvalue weighted by atomic mass is 35.5. The Morgan fingerprint density at radius 2 is 1.59 bits per heavy atom. The number of halogens is 8. The van der Waals surface area contributed by atoms with Crippen molar-refractivity contribution in [2.75, 3.05) is 5.32 Å². The third kappa shape index (κ3) is 3.54. The van der Waals surface area contributed by atoms with E-state index in [0.717, 1.165) is 23.5 Å². The zero-order valence-electron chi connectivity index (χ0n) is 10.7. The van der Waals surface area contributed by atoms with Crippen LogP contribution in [0.2, 0.25) is 5.02 Å². The second kappa shape index (κ2) is 5.82. The second-order valence-electron chi connectivity index (χ2n) is 4.30. The predicted molar refractivity (Wildman–Crippen MR) is 64.1 cm³/mol. The molecule has 0 saturated heterocycles. The van der Waals surface area contributed by atoms with Gasteiger partial charge in [-0.1, -0.05) is 17.7 Å². The molecule has 1 aromatic carbocycles. The lowest BCUT2D eigenvalue weighted by atomic mass is 10.0.